The third kappa shape index (κ3) is 5.76. The number of nitrogens with one attached hydrogen (secondary N) is 1. The van der Waals surface area contributed by atoms with Gasteiger partial charge in [-0.3, -0.25) is 0 Å². The highest BCUT2D eigenvalue weighted by molar-refractivity contribution is 14.0. The molecule has 1 heterocycles. The molecule has 1 aliphatic rings. The number of hydrogen-bond acceptors (Lipinski definition) is 4. The topological polar surface area (TPSA) is 81.8 Å². The second-order valence-electron chi connectivity index (χ2n) is 6.05. The number of methoxy groups -OCH3 is 1. The minimum absolute atomic E-state index is 0. The molecule has 1 fully saturated rings. The molecule has 0 aliphatic heterocycles. The molecule has 0 spiro atoms. The van der Waals surface area contributed by atoms with Gasteiger partial charge in [-0.05, 0) is 56.0 Å². The highest BCUT2D eigenvalue weighted by atomic mass is 127. The fraction of sp³-hybridized carbons (Fsp3) is 0.368. The van der Waals surface area contributed by atoms with Crippen LogP contribution in [0.2, 0.25) is 0 Å². The third-order valence-corrected chi connectivity index (χ3v) is 4.21. The van der Waals surface area contributed by atoms with Gasteiger partial charge in [-0.15, -0.1) is 24.0 Å². The van der Waals surface area contributed by atoms with E-state index in [-0.39, 0.29) is 30.1 Å². The van der Waals surface area contributed by atoms with Gasteiger partial charge >= 0.3 is 0 Å². The number of benzene rings is 1. The first-order valence-electron chi connectivity index (χ1n) is 8.56. The Morgan fingerprint density at radius 2 is 1.96 bits per heavy atom. The summed E-state index contributed by atoms with van der Waals surface area (Å²) in [5.74, 6) is 1.81. The number of guanidine groups is 1. The maximum Gasteiger partial charge on any atom is 0.218 e. The smallest absolute Gasteiger partial charge is 0.218 e. The van der Waals surface area contributed by atoms with Gasteiger partial charge in [0.05, 0.1) is 13.7 Å². The van der Waals surface area contributed by atoms with Crippen molar-refractivity contribution in [2.45, 2.75) is 38.3 Å². The van der Waals surface area contributed by atoms with E-state index >= 15 is 0 Å². The van der Waals surface area contributed by atoms with Crippen molar-refractivity contribution < 1.29 is 9.47 Å². The summed E-state index contributed by atoms with van der Waals surface area (Å²) in [6.07, 6.45) is 6.66. The molecule has 1 saturated carbocycles. The van der Waals surface area contributed by atoms with E-state index in [0.717, 1.165) is 29.8 Å². The lowest BCUT2D eigenvalue weighted by molar-refractivity contribution is 0.199. The quantitative estimate of drug-likeness (QED) is 0.381. The van der Waals surface area contributed by atoms with Crippen LogP contribution in [0.3, 0.4) is 0 Å². The van der Waals surface area contributed by atoms with Crippen molar-refractivity contribution in [3.8, 4) is 11.6 Å². The number of pyridine rings is 1. The van der Waals surface area contributed by atoms with Gasteiger partial charge in [0.15, 0.2) is 5.96 Å². The summed E-state index contributed by atoms with van der Waals surface area (Å²) in [6, 6.07) is 11.4. The van der Waals surface area contributed by atoms with E-state index in [1.54, 1.807) is 13.3 Å². The molecule has 1 aromatic carbocycles. The molecule has 0 radical (unpaired) electrons. The number of nitrogens with zero attached hydrogens (tertiary/aromatic N) is 2. The predicted octanol–water partition coefficient (Wildman–Crippen LogP) is 3.96. The second kappa shape index (κ2) is 10.2. The van der Waals surface area contributed by atoms with Crippen molar-refractivity contribution in [1.82, 2.24) is 4.98 Å². The second-order valence-corrected chi connectivity index (χ2v) is 6.05. The first kappa shape index (κ1) is 20.3. The van der Waals surface area contributed by atoms with Crippen LogP contribution in [0.5, 0.6) is 11.6 Å². The number of halogens is 1. The van der Waals surface area contributed by atoms with E-state index in [2.05, 4.69) is 15.3 Å². The van der Waals surface area contributed by atoms with E-state index in [9.17, 15) is 0 Å². The summed E-state index contributed by atoms with van der Waals surface area (Å²) in [7, 11) is 1.64. The van der Waals surface area contributed by atoms with Crippen LogP contribution < -0.4 is 20.5 Å². The monoisotopic (exact) mass is 468 g/mol. The van der Waals surface area contributed by atoms with Gasteiger partial charge in [0.1, 0.15) is 11.9 Å². The number of ether oxygens (including phenoxy) is 2. The number of nitrogens with two attached hydrogens (primary N) is 1. The minimum Gasteiger partial charge on any atom is -0.497 e. The lowest BCUT2D eigenvalue weighted by Crippen LogP contribution is -2.22. The van der Waals surface area contributed by atoms with Crippen LogP contribution in [0.25, 0.3) is 0 Å². The zero-order valence-electron chi connectivity index (χ0n) is 14.9. The minimum atomic E-state index is 0. The molecule has 2 aromatic rings. The third-order valence-electron chi connectivity index (χ3n) is 4.21. The molecular formula is C19H25IN4O2. The number of hydrogen-bond donors (Lipinski definition) is 2. The Balaban J connectivity index is 0.00000243. The number of aliphatic imine (C=N–C) groups is 1. The Morgan fingerprint density at radius 3 is 2.65 bits per heavy atom. The Labute approximate surface area is 171 Å². The lowest BCUT2D eigenvalue weighted by atomic mass is 10.2. The van der Waals surface area contributed by atoms with Crippen LogP contribution in [0.4, 0.5) is 5.69 Å². The highest BCUT2D eigenvalue weighted by Crippen LogP contribution is 2.25. The normalized spacial score (nSPS) is 14.6. The van der Waals surface area contributed by atoms with E-state index in [1.807, 2.05) is 36.4 Å². The molecule has 0 bridgehead atoms. The molecule has 26 heavy (non-hydrogen) atoms. The molecule has 6 nitrogen and oxygen atoms in total. The van der Waals surface area contributed by atoms with Crippen molar-refractivity contribution in [2.75, 3.05) is 12.4 Å². The van der Waals surface area contributed by atoms with Gasteiger partial charge < -0.3 is 20.5 Å². The van der Waals surface area contributed by atoms with Crippen LogP contribution in [0.15, 0.2) is 47.6 Å². The zero-order valence-corrected chi connectivity index (χ0v) is 17.2. The number of rotatable bonds is 6. The maximum atomic E-state index is 6.03. The molecule has 1 aromatic heterocycles. The first-order chi connectivity index (χ1) is 12.2. The van der Waals surface area contributed by atoms with E-state index in [4.69, 9.17) is 15.2 Å². The summed E-state index contributed by atoms with van der Waals surface area (Å²) in [4.78, 5) is 8.76. The predicted molar refractivity (Wildman–Crippen MR) is 114 cm³/mol. The van der Waals surface area contributed by atoms with Crippen molar-refractivity contribution in [2.24, 2.45) is 10.7 Å². The fourth-order valence-corrected chi connectivity index (χ4v) is 2.85. The zero-order chi connectivity index (χ0) is 17.5. The van der Waals surface area contributed by atoms with Crippen LogP contribution in [0, 0.1) is 0 Å². The summed E-state index contributed by atoms with van der Waals surface area (Å²) < 4.78 is 11.2. The van der Waals surface area contributed by atoms with Crippen LogP contribution in [-0.4, -0.2) is 24.2 Å². The van der Waals surface area contributed by atoms with Crippen molar-refractivity contribution in [3.63, 3.8) is 0 Å². The Hall–Kier alpha value is -2.03. The van der Waals surface area contributed by atoms with Gasteiger partial charge in [-0.2, -0.15) is 0 Å². The maximum absolute atomic E-state index is 6.03. The van der Waals surface area contributed by atoms with Crippen LogP contribution in [0.1, 0.15) is 31.2 Å². The van der Waals surface area contributed by atoms with Crippen LogP contribution in [-0.2, 0) is 6.54 Å². The molecule has 3 rings (SSSR count). The van der Waals surface area contributed by atoms with Crippen molar-refractivity contribution in [3.05, 3.63) is 48.2 Å². The van der Waals surface area contributed by atoms with Gasteiger partial charge in [-0.25, -0.2) is 9.98 Å². The summed E-state index contributed by atoms with van der Waals surface area (Å²) in [5, 5.41) is 3.07. The molecular weight excluding hydrogens is 443 g/mol. The summed E-state index contributed by atoms with van der Waals surface area (Å²) in [6.45, 7) is 0.422. The Morgan fingerprint density at radius 1 is 1.23 bits per heavy atom. The summed E-state index contributed by atoms with van der Waals surface area (Å²) >= 11 is 0. The molecule has 7 heteroatoms. The molecule has 3 N–H and O–H groups in total. The van der Waals surface area contributed by atoms with Gasteiger partial charge in [0.25, 0.3) is 0 Å². The molecule has 0 saturated heterocycles. The Kier molecular flexibility index (Phi) is 7.96. The van der Waals surface area contributed by atoms with Gasteiger partial charge in [-0.1, -0.05) is 6.07 Å². The van der Waals surface area contributed by atoms with Gasteiger partial charge in [0, 0.05) is 17.4 Å². The van der Waals surface area contributed by atoms with Crippen LogP contribution >= 0.6 is 24.0 Å². The number of anilines is 1. The first-order valence-corrected chi connectivity index (χ1v) is 8.56. The standard InChI is InChI=1S/C19H24N4O2.HI/c1-24-16-10-8-15(9-11-16)23-19(20)22-13-14-5-4-12-21-18(14)25-17-6-2-3-7-17;/h4-5,8-12,17H,2-3,6-7,13H2,1H3,(H3,20,22,23);1H. The fourth-order valence-electron chi connectivity index (χ4n) is 2.85. The lowest BCUT2D eigenvalue weighted by Gasteiger charge is -2.14. The molecule has 140 valence electrons. The largest absolute Gasteiger partial charge is 0.497 e. The van der Waals surface area contributed by atoms with Crippen molar-refractivity contribution in [1.29, 1.82) is 0 Å². The van der Waals surface area contributed by atoms with E-state index in [1.165, 1.54) is 12.8 Å². The van der Waals surface area contributed by atoms with E-state index in [0.29, 0.717) is 18.4 Å². The average Bonchev–Trinajstić information content (AvgIpc) is 3.15. The summed E-state index contributed by atoms with van der Waals surface area (Å²) in [5.41, 5.74) is 7.78. The van der Waals surface area contributed by atoms with Crippen molar-refractivity contribution >= 4 is 35.6 Å². The highest BCUT2D eigenvalue weighted by Gasteiger charge is 2.18. The Bertz CT molecular complexity index is 716. The average molecular weight is 468 g/mol. The molecule has 0 atom stereocenters. The molecule has 1 aliphatic carbocycles. The van der Waals surface area contributed by atoms with E-state index < -0.39 is 0 Å². The van der Waals surface area contributed by atoms with Gasteiger partial charge in [0.2, 0.25) is 5.88 Å². The molecule has 0 unspecified atom stereocenters. The number of aromatic nitrogens is 1. The molecule has 0 amide bonds. The SMILES string of the molecule is COc1ccc(NC(N)=NCc2cccnc2OC2CCCC2)cc1.I.